The van der Waals surface area contributed by atoms with Crippen molar-refractivity contribution in [3.63, 3.8) is 0 Å². The molecule has 0 rings (SSSR count). The maximum atomic E-state index is 9.82. The molecule has 0 bridgehead atoms. The molecule has 7 nitrogen and oxygen atoms in total. The van der Waals surface area contributed by atoms with Crippen LogP contribution in [0, 0.1) is 0 Å². The van der Waals surface area contributed by atoms with Crippen molar-refractivity contribution in [1.82, 2.24) is 0 Å². The van der Waals surface area contributed by atoms with E-state index >= 15 is 0 Å². The Morgan fingerprint density at radius 1 is 0.857 bits per heavy atom. The van der Waals surface area contributed by atoms with Gasteiger partial charge < -0.3 is 35.1 Å². The predicted molar refractivity (Wildman–Crippen MR) is 28.0 cm³/mol. The van der Waals surface area contributed by atoms with Crippen molar-refractivity contribution < 1.29 is 72.8 Å². The third-order valence-corrected chi connectivity index (χ3v) is 1.13. The summed E-state index contributed by atoms with van der Waals surface area (Å²) in [4.78, 5) is 19.6. The van der Waals surface area contributed by atoms with Gasteiger partial charge in [-0.2, -0.15) is 0 Å². The molecule has 0 aliphatic rings. The molecule has 9 heteroatoms. The smallest absolute Gasteiger partial charge is 0.547 e. The second-order valence-corrected chi connectivity index (χ2v) is 2.02. The first-order valence-corrected chi connectivity index (χ1v) is 2.84. The summed E-state index contributed by atoms with van der Waals surface area (Å²) >= 11 is 0. The Kier molecular flexibility index (Phi) is 11.6. The summed E-state index contributed by atoms with van der Waals surface area (Å²) in [7, 11) is 0. The van der Waals surface area contributed by atoms with Gasteiger partial charge in [-0.25, -0.2) is 0 Å². The van der Waals surface area contributed by atoms with E-state index in [1.807, 2.05) is 0 Å². The fourth-order valence-corrected chi connectivity index (χ4v) is 0.452. The van der Waals surface area contributed by atoms with E-state index in [1.54, 1.807) is 0 Å². The number of rotatable bonds is 4. The molecule has 0 radical (unpaired) electrons. The molecule has 0 aliphatic carbocycles. The van der Waals surface area contributed by atoms with Gasteiger partial charge in [-0.1, -0.05) is 0 Å². The molecule has 0 saturated heterocycles. The van der Waals surface area contributed by atoms with Crippen LogP contribution in [0.1, 0.15) is 0 Å². The Bertz CT molecular complexity index is 177. The van der Waals surface area contributed by atoms with Gasteiger partial charge in [-0.15, -0.1) is 0 Å². The molecule has 1 unspecified atom stereocenters. The number of carboxylic acid groups (broad SMARTS) is 2. The normalized spacial score (nSPS) is 15.4. The third kappa shape index (κ3) is 5.68. The molecule has 0 spiro atoms. The summed E-state index contributed by atoms with van der Waals surface area (Å²) in [6, 6.07) is 0. The van der Waals surface area contributed by atoms with Crippen LogP contribution in [-0.4, -0.2) is 45.6 Å². The molecule has 0 aromatic rings. The standard InChI is InChI=1S/C5H8O7.2Li/c6-1(2(7)4(9)10)3(8)5(11)12;;/h1-3,6-8H,(H,9,10)(H,11,12);;/q;2*+1/p-2/t1?,2-,3+;;. The van der Waals surface area contributed by atoms with Crippen LogP contribution in [0.4, 0.5) is 0 Å². The largest absolute Gasteiger partial charge is 1.00 e. The summed E-state index contributed by atoms with van der Waals surface area (Å²) in [6.45, 7) is 0. The predicted octanol–water partition coefficient (Wildman–Crippen LogP) is -11.4. The average molecular weight is 192 g/mol. The number of carbonyl (C=O) groups is 2. The first-order chi connectivity index (χ1) is 5.37. The minimum Gasteiger partial charge on any atom is -0.547 e. The Morgan fingerprint density at radius 2 is 1.07 bits per heavy atom. The number of carbonyl (C=O) groups excluding carboxylic acids is 2. The van der Waals surface area contributed by atoms with E-state index in [4.69, 9.17) is 15.3 Å². The second kappa shape index (κ2) is 8.33. The summed E-state index contributed by atoms with van der Waals surface area (Å²) in [5.41, 5.74) is 0. The molecule has 0 aliphatic heterocycles. The van der Waals surface area contributed by atoms with Crippen molar-refractivity contribution in [2.24, 2.45) is 0 Å². The zero-order valence-corrected chi connectivity index (χ0v) is 7.71. The Balaban J connectivity index is -0.000000605. The Morgan fingerprint density at radius 3 is 1.21 bits per heavy atom. The Labute approximate surface area is 103 Å². The fourth-order valence-electron chi connectivity index (χ4n) is 0.452. The molecule has 70 valence electrons. The van der Waals surface area contributed by atoms with Crippen LogP contribution >= 0.6 is 0 Å². The summed E-state index contributed by atoms with van der Waals surface area (Å²) < 4.78 is 0. The van der Waals surface area contributed by atoms with Crippen molar-refractivity contribution in [2.75, 3.05) is 0 Å². The van der Waals surface area contributed by atoms with Crippen molar-refractivity contribution >= 4 is 11.9 Å². The summed E-state index contributed by atoms with van der Waals surface area (Å²) in [5, 5.41) is 45.1. The zero-order chi connectivity index (χ0) is 9.89. The van der Waals surface area contributed by atoms with Gasteiger partial charge in [0, 0.05) is 0 Å². The van der Waals surface area contributed by atoms with E-state index in [0.29, 0.717) is 0 Å². The van der Waals surface area contributed by atoms with Gasteiger partial charge in [-0.3, -0.25) is 0 Å². The van der Waals surface area contributed by atoms with Crippen LogP contribution in [0.25, 0.3) is 0 Å². The van der Waals surface area contributed by atoms with Crippen molar-refractivity contribution in [3.8, 4) is 0 Å². The van der Waals surface area contributed by atoms with Crippen LogP contribution in [0.15, 0.2) is 0 Å². The van der Waals surface area contributed by atoms with Gasteiger partial charge in [-0.05, 0) is 0 Å². The fraction of sp³-hybridized carbons (Fsp3) is 0.600. The van der Waals surface area contributed by atoms with Crippen LogP contribution in [-0.2, 0) is 9.59 Å². The van der Waals surface area contributed by atoms with E-state index in [1.165, 1.54) is 0 Å². The minimum absolute atomic E-state index is 0. The van der Waals surface area contributed by atoms with Crippen LogP contribution < -0.4 is 47.9 Å². The monoisotopic (exact) mass is 192 g/mol. The molecular formula is C5H6Li2O7. The quantitative estimate of drug-likeness (QED) is 0.375. The molecule has 0 fully saturated rings. The van der Waals surface area contributed by atoms with E-state index in [2.05, 4.69) is 0 Å². The number of hydrogen-bond donors (Lipinski definition) is 3. The van der Waals surface area contributed by atoms with Crippen molar-refractivity contribution in [2.45, 2.75) is 18.3 Å². The number of aliphatic hydroxyl groups is 3. The Hall–Kier alpha value is 0.0148. The second-order valence-electron chi connectivity index (χ2n) is 2.02. The molecule has 0 saturated carbocycles. The number of aliphatic hydroxyl groups excluding tert-OH is 3. The van der Waals surface area contributed by atoms with Gasteiger partial charge in [0.25, 0.3) is 0 Å². The van der Waals surface area contributed by atoms with E-state index in [9.17, 15) is 19.8 Å². The van der Waals surface area contributed by atoms with Gasteiger partial charge in [0.2, 0.25) is 0 Å². The molecule has 3 N–H and O–H groups in total. The van der Waals surface area contributed by atoms with Gasteiger partial charge in [0.1, 0.15) is 18.3 Å². The van der Waals surface area contributed by atoms with E-state index < -0.39 is 30.3 Å². The maximum Gasteiger partial charge on any atom is 1.00 e. The minimum atomic E-state index is -2.46. The SMILES string of the molecule is O=C([O-])[C@@H](O)C(O)[C@@H](O)C(=O)[O-].[Li+].[Li+]. The molecule has 3 atom stereocenters. The van der Waals surface area contributed by atoms with Crippen molar-refractivity contribution in [1.29, 1.82) is 0 Å². The topological polar surface area (TPSA) is 141 Å². The summed E-state index contributed by atoms with van der Waals surface area (Å²) in [6.07, 6.45) is -7.28. The maximum absolute atomic E-state index is 9.82. The molecule has 0 aromatic heterocycles. The zero-order valence-electron chi connectivity index (χ0n) is 7.71. The molecular weight excluding hydrogens is 186 g/mol. The van der Waals surface area contributed by atoms with Gasteiger partial charge in [0.15, 0.2) is 0 Å². The van der Waals surface area contributed by atoms with Crippen LogP contribution in [0.2, 0.25) is 0 Å². The number of hydrogen-bond acceptors (Lipinski definition) is 7. The molecule has 0 aromatic carbocycles. The molecule has 14 heavy (non-hydrogen) atoms. The summed E-state index contributed by atoms with van der Waals surface area (Å²) in [5.74, 6) is -4.16. The van der Waals surface area contributed by atoms with E-state index in [0.717, 1.165) is 0 Å². The van der Waals surface area contributed by atoms with Crippen LogP contribution in [0.3, 0.4) is 0 Å². The molecule has 0 heterocycles. The average Bonchev–Trinajstić information content (AvgIpc) is 2.00. The third-order valence-electron chi connectivity index (χ3n) is 1.13. The molecule has 0 amide bonds. The number of carboxylic acids is 2. The number of aliphatic carboxylic acids is 2. The van der Waals surface area contributed by atoms with Crippen molar-refractivity contribution in [3.05, 3.63) is 0 Å². The van der Waals surface area contributed by atoms with Crippen LogP contribution in [0.5, 0.6) is 0 Å². The first-order valence-electron chi connectivity index (χ1n) is 2.84. The van der Waals surface area contributed by atoms with E-state index in [-0.39, 0.29) is 37.7 Å². The van der Waals surface area contributed by atoms with Gasteiger partial charge in [0.05, 0.1) is 11.9 Å². The first kappa shape index (κ1) is 19.6. The van der Waals surface area contributed by atoms with Gasteiger partial charge >= 0.3 is 37.7 Å².